The number of rotatable bonds is 10. The Morgan fingerprint density at radius 1 is 1.28 bits per heavy atom. The number of nitrogens with zero attached hydrogens (tertiary/aromatic N) is 2. The van der Waals surface area contributed by atoms with E-state index < -0.39 is 10.0 Å². The zero-order chi connectivity index (χ0) is 21.4. The summed E-state index contributed by atoms with van der Waals surface area (Å²) in [6, 6.07) is 4.42. The van der Waals surface area contributed by atoms with Crippen molar-refractivity contribution in [3.63, 3.8) is 0 Å². The summed E-state index contributed by atoms with van der Waals surface area (Å²) in [5, 5.41) is 3.02. The molecule has 0 bridgehead atoms. The average molecular weight is 444 g/mol. The number of hydrogen-bond acceptors (Lipinski definition) is 4. The van der Waals surface area contributed by atoms with Gasteiger partial charge in [0.2, 0.25) is 10.0 Å². The first-order valence-corrected chi connectivity index (χ1v) is 12.4. The molecule has 8 heteroatoms. The van der Waals surface area contributed by atoms with Crippen molar-refractivity contribution in [3.8, 4) is 0 Å². The Morgan fingerprint density at radius 2 is 2.00 bits per heavy atom. The van der Waals surface area contributed by atoms with E-state index in [1.807, 2.05) is 0 Å². The number of benzene rings is 1. The van der Waals surface area contributed by atoms with Crippen molar-refractivity contribution < 1.29 is 13.2 Å². The Labute approximate surface area is 180 Å². The van der Waals surface area contributed by atoms with Crippen LogP contribution in [0, 0.1) is 5.92 Å². The van der Waals surface area contributed by atoms with E-state index in [4.69, 9.17) is 11.6 Å². The maximum atomic E-state index is 12.8. The van der Waals surface area contributed by atoms with Gasteiger partial charge in [-0.2, -0.15) is 4.31 Å². The molecule has 2 rings (SSSR count). The van der Waals surface area contributed by atoms with E-state index in [9.17, 15) is 13.2 Å². The molecule has 0 saturated carbocycles. The first-order valence-electron chi connectivity index (χ1n) is 10.6. The number of hydrogen-bond donors (Lipinski definition) is 1. The molecule has 1 aliphatic heterocycles. The second-order valence-electron chi connectivity index (χ2n) is 7.75. The topological polar surface area (TPSA) is 69.7 Å². The molecule has 1 saturated heterocycles. The molecular weight excluding hydrogens is 410 g/mol. The lowest BCUT2D eigenvalue weighted by molar-refractivity contribution is 0.0952. The Bertz CT molecular complexity index is 781. The van der Waals surface area contributed by atoms with Gasteiger partial charge in [0.05, 0.1) is 5.02 Å². The zero-order valence-corrected chi connectivity index (χ0v) is 19.4. The minimum absolute atomic E-state index is 0.0188. The summed E-state index contributed by atoms with van der Waals surface area (Å²) in [5.41, 5.74) is 0.310. The molecule has 1 aromatic rings. The van der Waals surface area contributed by atoms with Crippen molar-refractivity contribution in [1.29, 1.82) is 0 Å². The maximum absolute atomic E-state index is 12.8. The lowest BCUT2D eigenvalue weighted by Gasteiger charge is -2.30. The number of sulfonamides is 1. The van der Waals surface area contributed by atoms with E-state index in [-0.39, 0.29) is 15.8 Å². The number of carbonyl (C=O) groups excluding carboxylic acids is 1. The second-order valence-corrected chi connectivity index (χ2v) is 10.1. The van der Waals surface area contributed by atoms with Crippen molar-refractivity contribution >= 4 is 27.5 Å². The lowest BCUT2D eigenvalue weighted by Crippen LogP contribution is -2.35. The summed E-state index contributed by atoms with van der Waals surface area (Å²) in [7, 11) is -3.72. The van der Waals surface area contributed by atoms with E-state index in [0.717, 1.165) is 25.3 Å². The largest absolute Gasteiger partial charge is 0.352 e. The number of amides is 1. The minimum atomic E-state index is -3.72. The van der Waals surface area contributed by atoms with Gasteiger partial charge < -0.3 is 10.2 Å². The molecule has 1 unspecified atom stereocenters. The van der Waals surface area contributed by atoms with Gasteiger partial charge in [-0.3, -0.25) is 4.79 Å². The van der Waals surface area contributed by atoms with Crippen LogP contribution in [0.1, 0.15) is 56.8 Å². The molecule has 1 aromatic carbocycles. The molecule has 29 heavy (non-hydrogen) atoms. The van der Waals surface area contributed by atoms with Gasteiger partial charge in [-0.25, -0.2) is 8.42 Å². The fraction of sp³-hybridized carbons (Fsp3) is 0.667. The van der Waals surface area contributed by atoms with E-state index in [1.54, 1.807) is 19.9 Å². The summed E-state index contributed by atoms with van der Waals surface area (Å²) in [6.07, 6.45) is 4.52. The van der Waals surface area contributed by atoms with Gasteiger partial charge in [-0.15, -0.1) is 0 Å². The molecular formula is C21H34ClN3O3S. The summed E-state index contributed by atoms with van der Waals surface area (Å²) in [5.74, 6) is 0.499. The molecule has 0 aliphatic carbocycles. The van der Waals surface area contributed by atoms with Crippen LogP contribution < -0.4 is 5.32 Å². The van der Waals surface area contributed by atoms with E-state index in [1.165, 1.54) is 42.4 Å². The fourth-order valence-electron chi connectivity index (χ4n) is 3.80. The molecule has 1 heterocycles. The van der Waals surface area contributed by atoms with Crippen LogP contribution in [0.2, 0.25) is 5.02 Å². The normalized spacial score (nSPS) is 18.2. The Morgan fingerprint density at radius 3 is 2.66 bits per heavy atom. The van der Waals surface area contributed by atoms with Crippen LogP contribution in [0.5, 0.6) is 0 Å². The summed E-state index contributed by atoms with van der Waals surface area (Å²) < 4.78 is 26.9. The quantitative estimate of drug-likeness (QED) is 0.561. The molecule has 164 valence electrons. The average Bonchev–Trinajstić information content (AvgIpc) is 2.68. The highest BCUT2D eigenvalue weighted by atomic mass is 35.5. The van der Waals surface area contributed by atoms with Crippen molar-refractivity contribution in [3.05, 3.63) is 28.8 Å². The number of unbranched alkanes of at least 4 members (excludes halogenated alkanes) is 1. The molecule has 0 aromatic heterocycles. The maximum Gasteiger partial charge on any atom is 0.251 e. The zero-order valence-electron chi connectivity index (χ0n) is 17.8. The van der Waals surface area contributed by atoms with E-state index in [2.05, 4.69) is 17.1 Å². The van der Waals surface area contributed by atoms with E-state index >= 15 is 0 Å². The molecule has 0 spiro atoms. The van der Waals surface area contributed by atoms with Crippen molar-refractivity contribution in [2.75, 3.05) is 39.3 Å². The third-order valence-corrected chi connectivity index (χ3v) is 7.98. The first-order chi connectivity index (χ1) is 13.8. The van der Waals surface area contributed by atoms with Gasteiger partial charge in [0.1, 0.15) is 4.90 Å². The van der Waals surface area contributed by atoms with Gasteiger partial charge in [0.15, 0.2) is 0 Å². The Balaban J connectivity index is 1.89. The standard InChI is InChI=1S/C21H34ClN3O3S/c1-4-25(5-2)29(27,28)20-15-18(10-11-19(20)22)21(26)23-12-6-7-13-24-14-8-9-17(3)16-24/h10-11,15,17H,4-9,12-14,16H2,1-3H3,(H,23,26). The van der Waals surface area contributed by atoms with Gasteiger partial charge in [0.25, 0.3) is 5.91 Å². The van der Waals surface area contributed by atoms with Gasteiger partial charge in [-0.05, 0) is 62.9 Å². The molecule has 1 amide bonds. The number of likely N-dealkylation sites (tertiary alicyclic amines) is 1. The molecule has 1 N–H and O–H groups in total. The third-order valence-electron chi connectivity index (χ3n) is 5.44. The Hall–Kier alpha value is -1.15. The van der Waals surface area contributed by atoms with Crippen LogP contribution in [-0.2, 0) is 10.0 Å². The van der Waals surface area contributed by atoms with Gasteiger partial charge in [0, 0.05) is 31.7 Å². The predicted octanol–water partition coefficient (Wildman–Crippen LogP) is 3.61. The monoisotopic (exact) mass is 443 g/mol. The molecule has 1 aliphatic rings. The van der Waals surface area contributed by atoms with Crippen molar-refractivity contribution in [2.24, 2.45) is 5.92 Å². The molecule has 1 atom stereocenters. The van der Waals surface area contributed by atoms with Crippen molar-refractivity contribution in [1.82, 2.24) is 14.5 Å². The smallest absolute Gasteiger partial charge is 0.251 e. The number of carbonyl (C=O) groups is 1. The van der Waals surface area contributed by atoms with Gasteiger partial charge in [-0.1, -0.05) is 32.4 Å². The molecule has 6 nitrogen and oxygen atoms in total. The lowest BCUT2D eigenvalue weighted by atomic mass is 10.0. The van der Waals surface area contributed by atoms with Crippen LogP contribution in [0.4, 0.5) is 0 Å². The van der Waals surface area contributed by atoms with Crippen LogP contribution in [0.3, 0.4) is 0 Å². The van der Waals surface area contributed by atoms with Crippen LogP contribution in [0.15, 0.2) is 23.1 Å². The first kappa shape index (κ1) is 24.1. The number of halogens is 1. The van der Waals surface area contributed by atoms with E-state index in [0.29, 0.717) is 25.2 Å². The Kier molecular flexibility index (Phi) is 9.40. The highest BCUT2D eigenvalue weighted by Crippen LogP contribution is 2.26. The highest BCUT2D eigenvalue weighted by molar-refractivity contribution is 7.89. The predicted molar refractivity (Wildman–Crippen MR) is 118 cm³/mol. The minimum Gasteiger partial charge on any atom is -0.352 e. The fourth-order valence-corrected chi connectivity index (χ4v) is 5.76. The third kappa shape index (κ3) is 6.67. The SMILES string of the molecule is CCN(CC)S(=O)(=O)c1cc(C(=O)NCCCCN2CCCC(C)C2)ccc1Cl. The summed E-state index contributed by atoms with van der Waals surface area (Å²) >= 11 is 6.13. The highest BCUT2D eigenvalue weighted by Gasteiger charge is 2.25. The molecule has 1 fully saturated rings. The summed E-state index contributed by atoms with van der Waals surface area (Å²) in [6.45, 7) is 10.5. The number of nitrogens with one attached hydrogen (secondary N) is 1. The second kappa shape index (κ2) is 11.3. The van der Waals surface area contributed by atoms with Crippen LogP contribution in [0.25, 0.3) is 0 Å². The van der Waals surface area contributed by atoms with Gasteiger partial charge >= 0.3 is 0 Å². The number of piperidine rings is 1. The molecule has 0 radical (unpaired) electrons. The van der Waals surface area contributed by atoms with Crippen molar-refractivity contribution in [2.45, 2.75) is 51.3 Å². The van der Waals surface area contributed by atoms with Crippen LogP contribution in [-0.4, -0.2) is 62.8 Å². The summed E-state index contributed by atoms with van der Waals surface area (Å²) in [4.78, 5) is 15.0. The van der Waals surface area contributed by atoms with Crippen LogP contribution >= 0.6 is 11.6 Å².